The van der Waals surface area contributed by atoms with Crippen molar-refractivity contribution in [2.24, 2.45) is 0 Å². The van der Waals surface area contributed by atoms with E-state index in [-0.39, 0.29) is 11.9 Å². The Hall–Kier alpha value is -1.62. The quantitative estimate of drug-likeness (QED) is 0.879. The molecule has 1 amide bonds. The standard InChI is InChI=1S/C13H19N3O2/c1-3-14-12-6-4-5-11(15-12)13(17)16-7-8-18-9-10(16)2/h4-6,10H,3,7-9H2,1-2H3,(H,14,15). The molecule has 1 aromatic heterocycles. The van der Waals surface area contributed by atoms with E-state index in [1.807, 2.05) is 30.9 Å². The van der Waals surface area contributed by atoms with E-state index in [9.17, 15) is 4.79 Å². The van der Waals surface area contributed by atoms with Gasteiger partial charge in [0.25, 0.3) is 5.91 Å². The van der Waals surface area contributed by atoms with Crippen LogP contribution in [0.5, 0.6) is 0 Å². The number of nitrogens with one attached hydrogen (secondary N) is 1. The van der Waals surface area contributed by atoms with Crippen molar-refractivity contribution in [3.63, 3.8) is 0 Å². The maximum absolute atomic E-state index is 12.3. The summed E-state index contributed by atoms with van der Waals surface area (Å²) in [5.74, 6) is 0.717. The number of pyridine rings is 1. The van der Waals surface area contributed by atoms with Gasteiger partial charge in [-0.05, 0) is 26.0 Å². The van der Waals surface area contributed by atoms with Gasteiger partial charge >= 0.3 is 0 Å². The first kappa shape index (κ1) is 12.8. The summed E-state index contributed by atoms with van der Waals surface area (Å²) in [6.07, 6.45) is 0. The highest BCUT2D eigenvalue weighted by Crippen LogP contribution is 2.12. The Bertz CT molecular complexity index is 422. The van der Waals surface area contributed by atoms with Gasteiger partial charge in [0.05, 0.1) is 19.3 Å². The fraction of sp³-hybridized carbons (Fsp3) is 0.538. The van der Waals surface area contributed by atoms with Crippen molar-refractivity contribution < 1.29 is 9.53 Å². The molecule has 0 saturated carbocycles. The molecule has 1 atom stereocenters. The number of carbonyl (C=O) groups excluding carboxylic acids is 1. The van der Waals surface area contributed by atoms with E-state index in [0.717, 1.165) is 12.4 Å². The molecule has 1 fully saturated rings. The molecule has 18 heavy (non-hydrogen) atoms. The van der Waals surface area contributed by atoms with Crippen molar-refractivity contribution in [1.29, 1.82) is 0 Å². The number of hydrogen-bond donors (Lipinski definition) is 1. The van der Waals surface area contributed by atoms with Gasteiger partial charge < -0.3 is 15.0 Å². The van der Waals surface area contributed by atoms with Crippen LogP contribution in [0.15, 0.2) is 18.2 Å². The smallest absolute Gasteiger partial charge is 0.272 e. The van der Waals surface area contributed by atoms with Crippen LogP contribution in [0.25, 0.3) is 0 Å². The van der Waals surface area contributed by atoms with Crippen molar-refractivity contribution in [2.45, 2.75) is 19.9 Å². The lowest BCUT2D eigenvalue weighted by Gasteiger charge is -2.33. The molecule has 1 saturated heterocycles. The van der Waals surface area contributed by atoms with Crippen LogP contribution >= 0.6 is 0 Å². The van der Waals surface area contributed by atoms with E-state index in [2.05, 4.69) is 10.3 Å². The molecule has 0 bridgehead atoms. The van der Waals surface area contributed by atoms with Crippen molar-refractivity contribution in [3.8, 4) is 0 Å². The molecule has 1 aliphatic heterocycles. The normalized spacial score (nSPS) is 19.7. The SMILES string of the molecule is CCNc1cccc(C(=O)N2CCOCC2C)n1. The number of amides is 1. The molecular formula is C13H19N3O2. The van der Waals surface area contributed by atoms with Gasteiger partial charge in [-0.1, -0.05) is 6.07 Å². The Morgan fingerprint density at radius 3 is 3.17 bits per heavy atom. The van der Waals surface area contributed by atoms with E-state index in [1.54, 1.807) is 6.07 Å². The number of ether oxygens (including phenoxy) is 1. The van der Waals surface area contributed by atoms with Crippen LogP contribution in [-0.2, 0) is 4.74 Å². The van der Waals surface area contributed by atoms with Gasteiger partial charge in [0.1, 0.15) is 11.5 Å². The molecule has 98 valence electrons. The number of hydrogen-bond acceptors (Lipinski definition) is 4. The van der Waals surface area contributed by atoms with E-state index in [1.165, 1.54) is 0 Å². The van der Waals surface area contributed by atoms with Crippen molar-refractivity contribution >= 4 is 11.7 Å². The minimum atomic E-state index is -0.0226. The van der Waals surface area contributed by atoms with Gasteiger partial charge in [0.15, 0.2) is 0 Å². The zero-order valence-corrected chi connectivity index (χ0v) is 10.8. The predicted molar refractivity (Wildman–Crippen MR) is 69.7 cm³/mol. The Morgan fingerprint density at radius 2 is 2.44 bits per heavy atom. The van der Waals surface area contributed by atoms with E-state index in [0.29, 0.717) is 25.5 Å². The molecule has 1 aromatic rings. The first-order valence-electron chi connectivity index (χ1n) is 6.32. The Labute approximate surface area is 107 Å². The number of anilines is 1. The molecule has 1 aliphatic rings. The summed E-state index contributed by atoms with van der Waals surface area (Å²) in [4.78, 5) is 18.5. The third kappa shape index (κ3) is 2.79. The van der Waals surface area contributed by atoms with E-state index < -0.39 is 0 Å². The van der Waals surface area contributed by atoms with Crippen LogP contribution < -0.4 is 5.32 Å². The van der Waals surface area contributed by atoms with Crippen LogP contribution in [0.1, 0.15) is 24.3 Å². The van der Waals surface area contributed by atoms with Gasteiger partial charge in [0.2, 0.25) is 0 Å². The Kier molecular flexibility index (Phi) is 4.15. The first-order chi connectivity index (χ1) is 8.72. The summed E-state index contributed by atoms with van der Waals surface area (Å²) < 4.78 is 5.33. The molecule has 5 heteroatoms. The topological polar surface area (TPSA) is 54.5 Å². The second kappa shape index (κ2) is 5.82. The number of nitrogens with zero attached hydrogens (tertiary/aromatic N) is 2. The van der Waals surface area contributed by atoms with Crippen molar-refractivity contribution in [2.75, 3.05) is 31.6 Å². The second-order valence-corrected chi connectivity index (χ2v) is 4.36. The monoisotopic (exact) mass is 249 g/mol. The average molecular weight is 249 g/mol. The van der Waals surface area contributed by atoms with Crippen molar-refractivity contribution in [3.05, 3.63) is 23.9 Å². The number of rotatable bonds is 3. The Morgan fingerprint density at radius 1 is 1.61 bits per heavy atom. The third-order valence-electron chi connectivity index (χ3n) is 2.95. The van der Waals surface area contributed by atoms with Crippen LogP contribution in [0, 0.1) is 0 Å². The molecule has 0 radical (unpaired) electrons. The zero-order valence-electron chi connectivity index (χ0n) is 10.8. The second-order valence-electron chi connectivity index (χ2n) is 4.36. The lowest BCUT2D eigenvalue weighted by Crippen LogP contribution is -2.47. The summed E-state index contributed by atoms with van der Waals surface area (Å²) in [6, 6.07) is 5.58. The molecule has 1 unspecified atom stereocenters. The molecule has 0 spiro atoms. The highest BCUT2D eigenvalue weighted by molar-refractivity contribution is 5.93. The number of carbonyl (C=O) groups is 1. The van der Waals surface area contributed by atoms with Gasteiger partial charge in [-0.2, -0.15) is 0 Å². The highest BCUT2D eigenvalue weighted by Gasteiger charge is 2.25. The first-order valence-corrected chi connectivity index (χ1v) is 6.32. The highest BCUT2D eigenvalue weighted by atomic mass is 16.5. The molecule has 5 nitrogen and oxygen atoms in total. The minimum Gasteiger partial charge on any atom is -0.377 e. The fourth-order valence-corrected chi connectivity index (χ4v) is 2.01. The summed E-state index contributed by atoms with van der Waals surface area (Å²) in [5, 5.41) is 3.11. The molecule has 0 aliphatic carbocycles. The predicted octanol–water partition coefficient (Wildman–Crippen LogP) is 1.37. The van der Waals surface area contributed by atoms with Gasteiger partial charge in [-0.25, -0.2) is 4.98 Å². The maximum Gasteiger partial charge on any atom is 0.272 e. The summed E-state index contributed by atoms with van der Waals surface area (Å²) >= 11 is 0. The largest absolute Gasteiger partial charge is 0.377 e. The lowest BCUT2D eigenvalue weighted by molar-refractivity contribution is 0.00328. The molecular weight excluding hydrogens is 230 g/mol. The number of aromatic nitrogens is 1. The van der Waals surface area contributed by atoms with Crippen LogP contribution in [0.2, 0.25) is 0 Å². The summed E-state index contributed by atoms with van der Waals surface area (Å²) in [6.45, 7) is 6.61. The summed E-state index contributed by atoms with van der Waals surface area (Å²) in [7, 11) is 0. The Balaban J connectivity index is 2.14. The van der Waals surface area contributed by atoms with Crippen LogP contribution in [0.4, 0.5) is 5.82 Å². The van der Waals surface area contributed by atoms with Gasteiger partial charge in [-0.3, -0.25) is 4.79 Å². The third-order valence-corrected chi connectivity index (χ3v) is 2.95. The van der Waals surface area contributed by atoms with E-state index >= 15 is 0 Å². The van der Waals surface area contributed by atoms with Gasteiger partial charge in [0, 0.05) is 13.1 Å². The average Bonchev–Trinajstić information content (AvgIpc) is 2.39. The molecule has 2 rings (SSSR count). The molecule has 2 heterocycles. The number of morpholine rings is 1. The maximum atomic E-state index is 12.3. The van der Waals surface area contributed by atoms with Crippen LogP contribution in [-0.4, -0.2) is 48.1 Å². The minimum absolute atomic E-state index is 0.0226. The van der Waals surface area contributed by atoms with Crippen LogP contribution in [0.3, 0.4) is 0 Å². The molecule has 0 aromatic carbocycles. The fourth-order valence-electron chi connectivity index (χ4n) is 2.01. The van der Waals surface area contributed by atoms with E-state index in [4.69, 9.17) is 4.74 Å². The zero-order chi connectivity index (χ0) is 13.0. The molecule has 1 N–H and O–H groups in total. The summed E-state index contributed by atoms with van der Waals surface area (Å²) in [5.41, 5.74) is 0.488. The van der Waals surface area contributed by atoms with Crippen molar-refractivity contribution in [1.82, 2.24) is 9.88 Å². The van der Waals surface area contributed by atoms with Gasteiger partial charge in [-0.15, -0.1) is 0 Å². The lowest BCUT2D eigenvalue weighted by atomic mass is 10.2.